The Hall–Kier alpha value is -0.890. The minimum Gasteiger partial charge on any atom is -0.385 e. The predicted octanol–water partition coefficient (Wildman–Crippen LogP) is 4.40. The van der Waals surface area contributed by atoms with Crippen LogP contribution in [0.5, 0.6) is 0 Å². The molecular formula is C15H23ClN2. The van der Waals surface area contributed by atoms with Crippen LogP contribution in [0.2, 0.25) is 5.02 Å². The van der Waals surface area contributed by atoms with E-state index in [9.17, 15) is 0 Å². The fourth-order valence-corrected chi connectivity index (χ4v) is 2.98. The van der Waals surface area contributed by atoms with Crippen LogP contribution in [0, 0.1) is 5.92 Å². The third-order valence-electron chi connectivity index (χ3n) is 3.75. The van der Waals surface area contributed by atoms with Crippen molar-refractivity contribution in [2.45, 2.75) is 32.1 Å². The molecule has 1 aromatic rings. The molecule has 1 aromatic carbocycles. The Balaban J connectivity index is 1.91. The molecule has 0 heterocycles. The van der Waals surface area contributed by atoms with Crippen molar-refractivity contribution >= 4 is 23.0 Å². The number of anilines is 2. The Morgan fingerprint density at radius 3 is 2.56 bits per heavy atom. The number of halogens is 1. The van der Waals surface area contributed by atoms with Crippen molar-refractivity contribution in [1.82, 2.24) is 0 Å². The summed E-state index contributed by atoms with van der Waals surface area (Å²) in [5.41, 5.74) is 2.20. The Morgan fingerprint density at radius 2 is 1.94 bits per heavy atom. The van der Waals surface area contributed by atoms with Crippen molar-refractivity contribution in [3.05, 3.63) is 23.2 Å². The van der Waals surface area contributed by atoms with Crippen molar-refractivity contribution < 1.29 is 0 Å². The molecule has 0 bridgehead atoms. The minimum atomic E-state index is 0.814. The zero-order valence-corrected chi connectivity index (χ0v) is 12.1. The lowest BCUT2D eigenvalue weighted by Crippen LogP contribution is -2.17. The van der Waals surface area contributed by atoms with Gasteiger partial charge >= 0.3 is 0 Å². The molecule has 1 saturated carbocycles. The fraction of sp³-hybridized carbons (Fsp3) is 0.600. The summed E-state index contributed by atoms with van der Waals surface area (Å²) in [4.78, 5) is 2.03. The third kappa shape index (κ3) is 3.55. The Labute approximate surface area is 115 Å². The second-order valence-corrected chi connectivity index (χ2v) is 5.85. The van der Waals surface area contributed by atoms with Crippen molar-refractivity contribution in [3.8, 4) is 0 Å². The summed E-state index contributed by atoms with van der Waals surface area (Å²) < 4.78 is 0. The van der Waals surface area contributed by atoms with Gasteiger partial charge in [0.2, 0.25) is 0 Å². The van der Waals surface area contributed by atoms with Crippen molar-refractivity contribution in [2.24, 2.45) is 5.92 Å². The molecule has 100 valence electrons. The molecule has 1 fully saturated rings. The molecule has 3 heteroatoms. The van der Waals surface area contributed by atoms with E-state index in [1.54, 1.807) is 0 Å². The molecule has 0 unspecified atom stereocenters. The van der Waals surface area contributed by atoms with E-state index in [-0.39, 0.29) is 0 Å². The van der Waals surface area contributed by atoms with Gasteiger partial charge in [0.25, 0.3) is 0 Å². The van der Waals surface area contributed by atoms with E-state index in [1.165, 1.54) is 32.1 Å². The zero-order chi connectivity index (χ0) is 13.0. The van der Waals surface area contributed by atoms with E-state index in [1.807, 2.05) is 25.1 Å². The number of nitrogens with zero attached hydrogens (tertiary/aromatic N) is 1. The normalized spacial score (nSPS) is 16.6. The van der Waals surface area contributed by atoms with Gasteiger partial charge in [-0.05, 0) is 37.0 Å². The first kappa shape index (κ1) is 13.5. The number of rotatable bonds is 4. The standard InChI is InChI=1S/C15H23ClN2/c1-18(2)15-9-8-13(10-14(15)16)17-11-12-6-4-3-5-7-12/h8-10,12,17H,3-7,11H2,1-2H3. The van der Waals surface area contributed by atoms with Crippen LogP contribution >= 0.6 is 11.6 Å². The van der Waals surface area contributed by atoms with E-state index in [2.05, 4.69) is 17.4 Å². The lowest BCUT2D eigenvalue weighted by molar-refractivity contribution is 0.373. The van der Waals surface area contributed by atoms with Crippen LogP contribution in [0.1, 0.15) is 32.1 Å². The van der Waals surface area contributed by atoms with Gasteiger partial charge in [0.05, 0.1) is 10.7 Å². The summed E-state index contributed by atoms with van der Waals surface area (Å²) in [7, 11) is 4.02. The van der Waals surface area contributed by atoms with Gasteiger partial charge in [0.15, 0.2) is 0 Å². The molecule has 0 amide bonds. The molecule has 0 atom stereocenters. The number of benzene rings is 1. The monoisotopic (exact) mass is 266 g/mol. The van der Waals surface area contributed by atoms with Gasteiger partial charge in [-0.3, -0.25) is 0 Å². The second-order valence-electron chi connectivity index (χ2n) is 5.45. The van der Waals surface area contributed by atoms with Crippen LogP contribution in [0.25, 0.3) is 0 Å². The van der Waals surface area contributed by atoms with Crippen LogP contribution in [0.15, 0.2) is 18.2 Å². The first-order valence-electron chi connectivity index (χ1n) is 6.87. The highest BCUT2D eigenvalue weighted by Crippen LogP contribution is 2.28. The van der Waals surface area contributed by atoms with Crippen molar-refractivity contribution in [2.75, 3.05) is 30.9 Å². The molecule has 1 N–H and O–H groups in total. The SMILES string of the molecule is CN(C)c1ccc(NCC2CCCCC2)cc1Cl. The van der Waals surface area contributed by atoms with Crippen LogP contribution in [-0.2, 0) is 0 Å². The number of hydrogen-bond acceptors (Lipinski definition) is 2. The maximum atomic E-state index is 6.26. The Kier molecular flexibility index (Phi) is 4.76. The van der Waals surface area contributed by atoms with Gasteiger partial charge < -0.3 is 10.2 Å². The summed E-state index contributed by atoms with van der Waals surface area (Å²) >= 11 is 6.26. The van der Waals surface area contributed by atoms with Gasteiger partial charge in [-0.2, -0.15) is 0 Å². The number of hydrogen-bond donors (Lipinski definition) is 1. The summed E-state index contributed by atoms with van der Waals surface area (Å²) in [6.07, 6.45) is 6.95. The molecule has 0 aromatic heterocycles. The van der Waals surface area contributed by atoms with E-state index in [0.29, 0.717) is 0 Å². The highest BCUT2D eigenvalue weighted by Gasteiger charge is 2.13. The fourth-order valence-electron chi connectivity index (χ4n) is 2.63. The van der Waals surface area contributed by atoms with Crippen LogP contribution < -0.4 is 10.2 Å². The first-order valence-corrected chi connectivity index (χ1v) is 7.25. The highest BCUT2D eigenvalue weighted by atomic mass is 35.5. The van der Waals surface area contributed by atoms with E-state index < -0.39 is 0 Å². The van der Waals surface area contributed by atoms with Crippen molar-refractivity contribution in [3.63, 3.8) is 0 Å². The molecule has 0 saturated heterocycles. The zero-order valence-electron chi connectivity index (χ0n) is 11.4. The average molecular weight is 267 g/mol. The smallest absolute Gasteiger partial charge is 0.0659 e. The van der Waals surface area contributed by atoms with Gasteiger partial charge in [0, 0.05) is 26.3 Å². The molecule has 1 aliphatic carbocycles. The van der Waals surface area contributed by atoms with Crippen molar-refractivity contribution in [1.29, 1.82) is 0 Å². The molecule has 1 aliphatic rings. The largest absolute Gasteiger partial charge is 0.385 e. The Morgan fingerprint density at radius 1 is 1.22 bits per heavy atom. The van der Waals surface area contributed by atoms with Crippen LogP contribution in [0.4, 0.5) is 11.4 Å². The Bertz CT molecular complexity index is 384. The molecule has 0 aliphatic heterocycles. The molecular weight excluding hydrogens is 244 g/mol. The molecule has 2 rings (SSSR count). The summed E-state index contributed by atoms with van der Waals surface area (Å²) in [5, 5.41) is 4.33. The highest BCUT2D eigenvalue weighted by molar-refractivity contribution is 6.33. The third-order valence-corrected chi connectivity index (χ3v) is 4.05. The summed E-state index contributed by atoms with van der Waals surface area (Å²) in [6, 6.07) is 6.22. The second kappa shape index (κ2) is 6.33. The van der Waals surface area contributed by atoms with E-state index in [0.717, 1.165) is 28.9 Å². The van der Waals surface area contributed by atoms with Gasteiger partial charge in [0.1, 0.15) is 0 Å². The van der Waals surface area contributed by atoms with Gasteiger partial charge in [-0.25, -0.2) is 0 Å². The average Bonchev–Trinajstić information content (AvgIpc) is 2.37. The maximum Gasteiger partial charge on any atom is 0.0659 e. The molecule has 2 nitrogen and oxygen atoms in total. The minimum absolute atomic E-state index is 0.814. The van der Waals surface area contributed by atoms with Gasteiger partial charge in [-0.1, -0.05) is 30.9 Å². The van der Waals surface area contributed by atoms with E-state index >= 15 is 0 Å². The maximum absolute atomic E-state index is 6.26. The molecule has 0 radical (unpaired) electrons. The van der Waals surface area contributed by atoms with Crippen LogP contribution in [-0.4, -0.2) is 20.6 Å². The lowest BCUT2D eigenvalue weighted by Gasteiger charge is -2.22. The summed E-state index contributed by atoms with van der Waals surface area (Å²) in [6.45, 7) is 1.08. The predicted molar refractivity (Wildman–Crippen MR) is 80.8 cm³/mol. The van der Waals surface area contributed by atoms with Crippen LogP contribution in [0.3, 0.4) is 0 Å². The molecule has 0 spiro atoms. The summed E-state index contributed by atoms with van der Waals surface area (Å²) in [5.74, 6) is 0.839. The quantitative estimate of drug-likeness (QED) is 0.869. The molecule has 18 heavy (non-hydrogen) atoms. The first-order chi connectivity index (χ1) is 8.66. The topological polar surface area (TPSA) is 15.3 Å². The number of nitrogens with one attached hydrogen (secondary N) is 1. The van der Waals surface area contributed by atoms with E-state index in [4.69, 9.17) is 11.6 Å². The lowest BCUT2D eigenvalue weighted by atomic mass is 9.89. The van der Waals surface area contributed by atoms with Gasteiger partial charge in [-0.15, -0.1) is 0 Å².